The minimum atomic E-state index is -2.06. The lowest BCUT2D eigenvalue weighted by atomic mass is 9.96. The smallest absolute Gasteiger partial charge is 0.335 e. The molecule has 3 heterocycles. The van der Waals surface area contributed by atoms with Crippen LogP contribution < -0.4 is 0 Å². The van der Waals surface area contributed by atoms with E-state index in [1.165, 1.54) is 6.92 Å². The second-order valence-electron chi connectivity index (χ2n) is 7.91. The minimum Gasteiger partial charge on any atom is -0.479 e. The highest BCUT2D eigenvalue weighted by molar-refractivity contribution is 5.73. The largest absolute Gasteiger partial charge is 0.479 e. The van der Waals surface area contributed by atoms with Crippen molar-refractivity contribution in [1.82, 2.24) is 0 Å². The summed E-state index contributed by atoms with van der Waals surface area (Å²) in [4.78, 5) is 11.4. The number of aliphatic carboxylic acids is 1. The Hall–Kier alpha value is -1.05. The van der Waals surface area contributed by atoms with Gasteiger partial charge in [-0.3, -0.25) is 0 Å². The molecule has 0 amide bonds. The Morgan fingerprint density at radius 2 is 1.34 bits per heavy atom. The maximum absolute atomic E-state index is 11.4. The number of ether oxygens (including phenoxy) is 5. The van der Waals surface area contributed by atoms with Crippen molar-refractivity contribution in [2.24, 2.45) is 0 Å². The van der Waals surface area contributed by atoms with Crippen molar-refractivity contribution < 1.29 is 74.4 Å². The van der Waals surface area contributed by atoms with Crippen LogP contribution in [-0.2, 0) is 28.5 Å². The maximum atomic E-state index is 11.4. The lowest BCUT2D eigenvalue weighted by Crippen LogP contribution is -2.66. The molecular formula is C17H28O15. The van der Waals surface area contributed by atoms with Crippen molar-refractivity contribution in [2.75, 3.05) is 6.61 Å². The van der Waals surface area contributed by atoms with Gasteiger partial charge in [-0.05, 0) is 6.92 Å². The van der Waals surface area contributed by atoms with E-state index in [2.05, 4.69) is 0 Å². The quantitative estimate of drug-likeness (QED) is 0.181. The summed E-state index contributed by atoms with van der Waals surface area (Å²) in [5.74, 6) is -1.66. The molecular weight excluding hydrogens is 444 g/mol. The molecule has 0 spiro atoms. The summed E-state index contributed by atoms with van der Waals surface area (Å²) in [6.45, 7) is 0.906. The molecule has 15 nitrogen and oxygen atoms in total. The van der Waals surface area contributed by atoms with Gasteiger partial charge in [0.1, 0.15) is 54.9 Å². The van der Waals surface area contributed by atoms with Crippen LogP contribution in [0, 0.1) is 0 Å². The zero-order chi connectivity index (χ0) is 23.9. The number of aliphatic hydroxyl groups is 8. The Morgan fingerprint density at radius 1 is 0.750 bits per heavy atom. The highest BCUT2D eigenvalue weighted by Crippen LogP contribution is 2.32. The molecule has 0 unspecified atom stereocenters. The molecule has 0 aromatic heterocycles. The van der Waals surface area contributed by atoms with E-state index in [1.807, 2.05) is 0 Å². The molecule has 32 heavy (non-hydrogen) atoms. The molecule has 9 N–H and O–H groups in total. The van der Waals surface area contributed by atoms with Crippen molar-refractivity contribution in [3.05, 3.63) is 0 Å². The molecule has 15 heteroatoms. The SMILES string of the molecule is C[C@@H]1O[C@@H](O[C@H]2[C@H](O)[C@@H](C(=O)O)O[C@@H](O)[C@@H]2O[C@@H]2OC[C@@H](O)[C@H](O)[C@H]2O)[C@H](O)[C@H](O)[C@H]1O. The van der Waals surface area contributed by atoms with E-state index in [-0.39, 0.29) is 0 Å². The van der Waals surface area contributed by atoms with Crippen LogP contribution in [0.1, 0.15) is 6.92 Å². The Kier molecular flexibility index (Phi) is 8.04. The average Bonchev–Trinajstić information content (AvgIpc) is 2.74. The van der Waals surface area contributed by atoms with Gasteiger partial charge in [0, 0.05) is 0 Å². The van der Waals surface area contributed by atoms with Crippen LogP contribution in [0.5, 0.6) is 0 Å². The second kappa shape index (κ2) is 10.1. The van der Waals surface area contributed by atoms with E-state index >= 15 is 0 Å². The Bertz CT molecular complexity index is 649. The summed E-state index contributed by atoms with van der Waals surface area (Å²) in [7, 11) is 0. The van der Waals surface area contributed by atoms with E-state index in [4.69, 9.17) is 23.7 Å². The fourth-order valence-electron chi connectivity index (χ4n) is 3.68. The first-order valence-corrected chi connectivity index (χ1v) is 9.84. The molecule has 0 saturated carbocycles. The van der Waals surface area contributed by atoms with Gasteiger partial charge < -0.3 is 69.6 Å². The summed E-state index contributed by atoms with van der Waals surface area (Å²) in [6.07, 6.45) is -23.9. The third kappa shape index (κ3) is 4.90. The van der Waals surface area contributed by atoms with Crippen LogP contribution in [-0.4, -0.2) is 145 Å². The van der Waals surface area contributed by atoms with Gasteiger partial charge in [0.25, 0.3) is 0 Å². The van der Waals surface area contributed by atoms with Gasteiger partial charge in [0.15, 0.2) is 25.0 Å². The fourth-order valence-corrected chi connectivity index (χ4v) is 3.68. The van der Waals surface area contributed by atoms with E-state index in [0.717, 1.165) is 0 Å². The number of aliphatic hydroxyl groups excluding tert-OH is 8. The standard InChI is InChI=1S/C17H28O15/c1-3-5(19)7(21)9(23)17(29-3)31-11-10(24)12(14(25)26)30-15(27)13(11)32-16-8(22)6(20)4(18)2-28-16/h3-13,15-24,27H,2H2,1H3,(H,25,26)/t3-,4+,5-,6-,7+,8+,9+,10-,11-,12-,13+,15+,16-,17-/m0/s1. The highest BCUT2D eigenvalue weighted by atomic mass is 16.8. The minimum absolute atomic E-state index is 0.454. The normalized spacial score (nSPS) is 52.5. The first-order valence-electron chi connectivity index (χ1n) is 9.84. The van der Waals surface area contributed by atoms with Crippen LogP contribution in [0.2, 0.25) is 0 Å². The van der Waals surface area contributed by atoms with Gasteiger partial charge in [0.2, 0.25) is 0 Å². The highest BCUT2D eigenvalue weighted by Gasteiger charge is 2.54. The fraction of sp³-hybridized carbons (Fsp3) is 0.941. The van der Waals surface area contributed by atoms with Crippen molar-refractivity contribution in [3.8, 4) is 0 Å². The lowest BCUT2D eigenvalue weighted by Gasteiger charge is -2.46. The third-order valence-electron chi connectivity index (χ3n) is 5.63. The summed E-state index contributed by atoms with van der Waals surface area (Å²) >= 11 is 0. The molecule has 0 bridgehead atoms. The van der Waals surface area contributed by atoms with E-state index in [9.17, 15) is 50.8 Å². The number of carboxylic acids is 1. The Morgan fingerprint density at radius 3 is 1.97 bits per heavy atom. The molecule has 3 rings (SSSR count). The Balaban J connectivity index is 1.82. The molecule has 0 aromatic rings. The predicted octanol–water partition coefficient (Wildman–Crippen LogP) is -5.81. The molecule has 3 saturated heterocycles. The zero-order valence-corrected chi connectivity index (χ0v) is 16.8. The van der Waals surface area contributed by atoms with E-state index in [0.29, 0.717) is 0 Å². The van der Waals surface area contributed by atoms with Crippen LogP contribution >= 0.6 is 0 Å². The van der Waals surface area contributed by atoms with Gasteiger partial charge in [-0.25, -0.2) is 4.79 Å². The monoisotopic (exact) mass is 472 g/mol. The van der Waals surface area contributed by atoms with Gasteiger partial charge in [-0.1, -0.05) is 0 Å². The number of carbonyl (C=O) groups is 1. The molecule has 14 atom stereocenters. The van der Waals surface area contributed by atoms with E-state index < -0.39 is 98.6 Å². The van der Waals surface area contributed by atoms with Gasteiger partial charge in [0.05, 0.1) is 12.7 Å². The van der Waals surface area contributed by atoms with Crippen molar-refractivity contribution in [2.45, 2.75) is 92.9 Å². The van der Waals surface area contributed by atoms with Crippen LogP contribution in [0.25, 0.3) is 0 Å². The van der Waals surface area contributed by atoms with Crippen molar-refractivity contribution in [1.29, 1.82) is 0 Å². The summed E-state index contributed by atoms with van der Waals surface area (Å²) in [6, 6.07) is 0. The third-order valence-corrected chi connectivity index (χ3v) is 5.63. The molecule has 0 aliphatic carbocycles. The van der Waals surface area contributed by atoms with Gasteiger partial charge >= 0.3 is 5.97 Å². The topological polar surface area (TPSA) is 245 Å². The van der Waals surface area contributed by atoms with E-state index in [1.54, 1.807) is 0 Å². The lowest BCUT2D eigenvalue weighted by molar-refractivity contribution is -0.377. The first-order chi connectivity index (χ1) is 14.9. The summed E-state index contributed by atoms with van der Waals surface area (Å²) in [5.41, 5.74) is 0. The molecule has 0 radical (unpaired) electrons. The van der Waals surface area contributed by atoms with Crippen molar-refractivity contribution >= 4 is 5.97 Å². The number of hydrogen-bond acceptors (Lipinski definition) is 14. The molecule has 0 aromatic carbocycles. The predicted molar refractivity (Wildman–Crippen MR) is 94.4 cm³/mol. The van der Waals surface area contributed by atoms with Gasteiger partial charge in [-0.15, -0.1) is 0 Å². The Labute approximate surface area is 180 Å². The van der Waals surface area contributed by atoms with Crippen LogP contribution in [0.15, 0.2) is 0 Å². The summed E-state index contributed by atoms with van der Waals surface area (Å²) in [5, 5.41) is 89.5. The number of carboxylic acid groups (broad SMARTS) is 1. The zero-order valence-electron chi connectivity index (χ0n) is 16.8. The second-order valence-corrected chi connectivity index (χ2v) is 7.91. The maximum Gasteiger partial charge on any atom is 0.335 e. The van der Waals surface area contributed by atoms with Gasteiger partial charge in [-0.2, -0.15) is 0 Å². The molecule has 3 aliphatic rings. The number of rotatable bonds is 5. The molecule has 186 valence electrons. The molecule has 3 fully saturated rings. The summed E-state index contributed by atoms with van der Waals surface area (Å²) < 4.78 is 26.1. The van der Waals surface area contributed by atoms with Crippen molar-refractivity contribution in [3.63, 3.8) is 0 Å². The first kappa shape index (κ1) is 25.6. The van der Waals surface area contributed by atoms with Crippen LogP contribution in [0.4, 0.5) is 0 Å². The van der Waals surface area contributed by atoms with Crippen LogP contribution in [0.3, 0.4) is 0 Å². The molecule has 3 aliphatic heterocycles. The average molecular weight is 472 g/mol. The number of hydrogen-bond donors (Lipinski definition) is 9.